The van der Waals surface area contributed by atoms with Gasteiger partial charge in [-0.3, -0.25) is 0 Å². The van der Waals surface area contributed by atoms with Gasteiger partial charge in [-0.15, -0.1) is 0 Å². The van der Waals surface area contributed by atoms with Gasteiger partial charge >= 0.3 is 0 Å². The van der Waals surface area contributed by atoms with Crippen LogP contribution in [-0.2, 0) is 0 Å². The summed E-state index contributed by atoms with van der Waals surface area (Å²) in [4.78, 5) is 0. The molecule has 0 unspecified atom stereocenters. The topological polar surface area (TPSA) is 44.5 Å². The van der Waals surface area contributed by atoms with Crippen molar-refractivity contribution in [2.24, 2.45) is 0 Å². The molecule has 0 bridgehead atoms. The van der Waals surface area contributed by atoms with Crippen molar-refractivity contribution in [1.29, 1.82) is 0 Å². The number of anilines is 1. The number of hydrogen-bond donors (Lipinski definition) is 1. The fourth-order valence-corrected chi connectivity index (χ4v) is 1.62. The fraction of sp³-hybridized carbons (Fsp3) is 0.0769. The van der Waals surface area contributed by atoms with Gasteiger partial charge in [-0.05, 0) is 24.3 Å². The van der Waals surface area contributed by atoms with Crippen LogP contribution < -0.4 is 15.2 Å². The highest BCUT2D eigenvalue weighted by Crippen LogP contribution is 2.30. The molecule has 0 aliphatic carbocycles. The Balaban J connectivity index is 2.23. The number of ether oxygens (including phenoxy) is 2. The molecule has 2 aromatic carbocycles. The molecule has 0 saturated heterocycles. The van der Waals surface area contributed by atoms with Gasteiger partial charge in [0.25, 0.3) is 0 Å². The number of rotatable bonds is 3. The molecule has 2 N–H and O–H groups in total. The Bertz CT molecular complexity index is 575. The molecule has 0 heterocycles. The van der Waals surface area contributed by atoms with Crippen LogP contribution in [0, 0.1) is 5.82 Å². The van der Waals surface area contributed by atoms with Crippen molar-refractivity contribution in [3.05, 3.63) is 47.2 Å². The number of methoxy groups -OCH3 is 1. The SMILES string of the molecule is COc1ccc(Oc2ccc(F)c(Cl)c2)cc1N. The lowest BCUT2D eigenvalue weighted by molar-refractivity contribution is 0.415. The predicted molar refractivity (Wildman–Crippen MR) is 68.9 cm³/mol. The van der Waals surface area contributed by atoms with Gasteiger partial charge in [-0.25, -0.2) is 4.39 Å². The van der Waals surface area contributed by atoms with Gasteiger partial charge in [0.05, 0.1) is 17.8 Å². The molecule has 0 aliphatic heterocycles. The van der Waals surface area contributed by atoms with Crippen LogP contribution in [0.15, 0.2) is 36.4 Å². The summed E-state index contributed by atoms with van der Waals surface area (Å²) < 4.78 is 23.5. The first kappa shape index (κ1) is 12.5. The molecule has 0 amide bonds. The zero-order valence-corrected chi connectivity index (χ0v) is 10.4. The Hall–Kier alpha value is -1.94. The van der Waals surface area contributed by atoms with Gasteiger partial charge in [0.15, 0.2) is 0 Å². The summed E-state index contributed by atoms with van der Waals surface area (Å²) in [6.45, 7) is 0. The maximum atomic E-state index is 13.0. The molecular weight excluding hydrogens is 257 g/mol. The average Bonchev–Trinajstić information content (AvgIpc) is 2.34. The van der Waals surface area contributed by atoms with E-state index in [1.807, 2.05) is 0 Å². The van der Waals surface area contributed by atoms with Crippen LogP contribution in [0.3, 0.4) is 0 Å². The van der Waals surface area contributed by atoms with Crippen LogP contribution in [0.25, 0.3) is 0 Å². The lowest BCUT2D eigenvalue weighted by atomic mass is 10.2. The highest BCUT2D eigenvalue weighted by Gasteiger charge is 2.05. The van der Waals surface area contributed by atoms with Gasteiger partial charge in [0, 0.05) is 12.1 Å². The molecule has 0 saturated carbocycles. The van der Waals surface area contributed by atoms with E-state index in [9.17, 15) is 4.39 Å². The number of halogens is 2. The fourth-order valence-electron chi connectivity index (χ4n) is 1.45. The van der Waals surface area contributed by atoms with Gasteiger partial charge in [-0.1, -0.05) is 11.6 Å². The average molecular weight is 268 g/mol. The van der Waals surface area contributed by atoms with E-state index in [1.165, 1.54) is 25.3 Å². The second kappa shape index (κ2) is 5.14. The zero-order valence-electron chi connectivity index (χ0n) is 9.61. The highest BCUT2D eigenvalue weighted by atomic mass is 35.5. The first-order chi connectivity index (χ1) is 8.60. The summed E-state index contributed by atoms with van der Waals surface area (Å²) in [5, 5.41) is 0.00832. The summed E-state index contributed by atoms with van der Waals surface area (Å²) in [5.41, 5.74) is 6.21. The van der Waals surface area contributed by atoms with Crippen molar-refractivity contribution in [3.8, 4) is 17.2 Å². The van der Waals surface area contributed by atoms with Crippen molar-refractivity contribution >= 4 is 17.3 Å². The van der Waals surface area contributed by atoms with E-state index in [-0.39, 0.29) is 5.02 Å². The Labute approximate surface area is 109 Å². The summed E-state index contributed by atoms with van der Waals surface area (Å²) in [6, 6.07) is 9.14. The van der Waals surface area contributed by atoms with Crippen LogP contribution >= 0.6 is 11.6 Å². The van der Waals surface area contributed by atoms with Crippen molar-refractivity contribution < 1.29 is 13.9 Å². The van der Waals surface area contributed by atoms with Crippen LogP contribution in [0.2, 0.25) is 5.02 Å². The van der Waals surface area contributed by atoms with E-state index in [0.717, 1.165) is 0 Å². The van der Waals surface area contributed by atoms with E-state index in [1.54, 1.807) is 18.2 Å². The van der Waals surface area contributed by atoms with E-state index in [0.29, 0.717) is 22.9 Å². The van der Waals surface area contributed by atoms with Crippen LogP contribution in [-0.4, -0.2) is 7.11 Å². The monoisotopic (exact) mass is 267 g/mol. The number of benzene rings is 2. The Morgan fingerprint density at radius 3 is 2.39 bits per heavy atom. The van der Waals surface area contributed by atoms with Gasteiger partial charge < -0.3 is 15.2 Å². The van der Waals surface area contributed by atoms with E-state index < -0.39 is 5.82 Å². The predicted octanol–water partition coefficient (Wildman–Crippen LogP) is 3.86. The second-order valence-corrected chi connectivity index (χ2v) is 3.99. The maximum absolute atomic E-state index is 13.0. The Morgan fingerprint density at radius 1 is 1.11 bits per heavy atom. The van der Waals surface area contributed by atoms with Gasteiger partial charge in [-0.2, -0.15) is 0 Å². The van der Waals surface area contributed by atoms with E-state index >= 15 is 0 Å². The quantitative estimate of drug-likeness (QED) is 0.859. The molecule has 18 heavy (non-hydrogen) atoms. The normalized spacial score (nSPS) is 10.2. The molecule has 3 nitrogen and oxygen atoms in total. The minimum atomic E-state index is -0.488. The van der Waals surface area contributed by atoms with Crippen LogP contribution in [0.1, 0.15) is 0 Å². The number of nitrogens with two attached hydrogens (primary N) is 1. The number of hydrogen-bond acceptors (Lipinski definition) is 3. The maximum Gasteiger partial charge on any atom is 0.142 e. The third-order valence-corrected chi connectivity index (χ3v) is 2.62. The minimum Gasteiger partial charge on any atom is -0.495 e. The molecule has 0 radical (unpaired) electrons. The minimum absolute atomic E-state index is 0.00832. The van der Waals surface area contributed by atoms with Crippen molar-refractivity contribution in [2.45, 2.75) is 0 Å². The van der Waals surface area contributed by atoms with E-state index in [4.69, 9.17) is 26.8 Å². The summed E-state index contributed by atoms with van der Waals surface area (Å²) in [7, 11) is 1.53. The molecule has 5 heteroatoms. The largest absolute Gasteiger partial charge is 0.495 e. The molecule has 0 spiro atoms. The highest BCUT2D eigenvalue weighted by molar-refractivity contribution is 6.30. The molecule has 0 fully saturated rings. The van der Waals surface area contributed by atoms with Crippen LogP contribution in [0.4, 0.5) is 10.1 Å². The molecule has 2 rings (SSSR count). The molecule has 2 aromatic rings. The first-order valence-electron chi connectivity index (χ1n) is 5.16. The van der Waals surface area contributed by atoms with Gasteiger partial charge in [0.1, 0.15) is 23.1 Å². The number of nitrogen functional groups attached to an aromatic ring is 1. The Kier molecular flexibility index (Phi) is 3.58. The summed E-state index contributed by atoms with van der Waals surface area (Å²) >= 11 is 5.66. The van der Waals surface area contributed by atoms with Gasteiger partial charge in [0.2, 0.25) is 0 Å². The zero-order chi connectivity index (χ0) is 13.1. The summed E-state index contributed by atoms with van der Waals surface area (Å²) in [6.07, 6.45) is 0. The van der Waals surface area contributed by atoms with E-state index in [2.05, 4.69) is 0 Å². The molecule has 0 atom stereocenters. The van der Waals surface area contributed by atoms with Crippen molar-refractivity contribution in [1.82, 2.24) is 0 Å². The lowest BCUT2D eigenvalue weighted by Gasteiger charge is -2.09. The second-order valence-electron chi connectivity index (χ2n) is 3.58. The molecule has 0 aliphatic rings. The molecule has 94 valence electrons. The summed E-state index contributed by atoms with van der Waals surface area (Å²) in [5.74, 6) is 1.04. The van der Waals surface area contributed by atoms with Crippen LogP contribution in [0.5, 0.6) is 17.2 Å². The molecular formula is C13H11ClFNO2. The third kappa shape index (κ3) is 2.65. The first-order valence-corrected chi connectivity index (χ1v) is 5.54. The standard InChI is InChI=1S/C13H11ClFNO2/c1-17-13-5-3-9(7-12(13)16)18-8-2-4-11(15)10(14)6-8/h2-7H,16H2,1H3. The molecule has 0 aromatic heterocycles. The lowest BCUT2D eigenvalue weighted by Crippen LogP contribution is -1.93. The third-order valence-electron chi connectivity index (χ3n) is 2.33. The smallest absolute Gasteiger partial charge is 0.142 e. The van der Waals surface area contributed by atoms with Crippen molar-refractivity contribution in [2.75, 3.05) is 12.8 Å². The Morgan fingerprint density at radius 2 is 1.78 bits per heavy atom. The van der Waals surface area contributed by atoms with Crippen molar-refractivity contribution in [3.63, 3.8) is 0 Å².